The van der Waals surface area contributed by atoms with Gasteiger partial charge >= 0.3 is 0 Å². The van der Waals surface area contributed by atoms with Gasteiger partial charge in [0.05, 0.1) is 31.4 Å². The Bertz CT molecular complexity index is 1010. The molecule has 0 saturated carbocycles. The van der Waals surface area contributed by atoms with Crippen molar-refractivity contribution in [2.75, 3.05) is 34.5 Å². The maximum absolute atomic E-state index is 13.1. The van der Waals surface area contributed by atoms with Crippen molar-refractivity contribution in [3.8, 4) is 11.5 Å². The third-order valence-corrected chi connectivity index (χ3v) is 5.43. The molecule has 1 fully saturated rings. The molecule has 31 heavy (non-hydrogen) atoms. The molecule has 0 bridgehead atoms. The van der Waals surface area contributed by atoms with Gasteiger partial charge in [0.15, 0.2) is 0 Å². The highest BCUT2D eigenvalue weighted by atomic mass is 16.5. The van der Waals surface area contributed by atoms with Crippen LogP contribution in [0, 0.1) is 6.92 Å². The van der Waals surface area contributed by atoms with E-state index in [2.05, 4.69) is 0 Å². The molecule has 3 rings (SSSR count). The number of carbonyl (C=O) groups excluding carboxylic acids is 2. The number of benzene rings is 2. The molecule has 1 N–H and O–H groups in total. The van der Waals surface area contributed by atoms with Gasteiger partial charge in [-0.3, -0.25) is 9.59 Å². The molecular weight excluding hydrogens is 398 g/mol. The van der Waals surface area contributed by atoms with Crippen LogP contribution in [0.2, 0.25) is 0 Å². The minimum absolute atomic E-state index is 0.0308. The molecule has 7 heteroatoms. The van der Waals surface area contributed by atoms with Gasteiger partial charge < -0.3 is 24.2 Å². The molecule has 1 atom stereocenters. The summed E-state index contributed by atoms with van der Waals surface area (Å²) >= 11 is 0. The Labute approximate surface area is 181 Å². The van der Waals surface area contributed by atoms with Crippen molar-refractivity contribution < 1.29 is 28.9 Å². The first kappa shape index (κ1) is 22.4. The van der Waals surface area contributed by atoms with E-state index in [1.54, 1.807) is 25.3 Å². The molecule has 1 aliphatic rings. The lowest BCUT2D eigenvalue weighted by Gasteiger charge is -2.26. The number of hydrogen-bond acceptors (Lipinski definition) is 6. The van der Waals surface area contributed by atoms with Crippen LogP contribution < -0.4 is 9.47 Å². The molecule has 0 aliphatic carbocycles. The van der Waals surface area contributed by atoms with Crippen molar-refractivity contribution in [2.45, 2.75) is 19.4 Å². The molecule has 1 heterocycles. The van der Waals surface area contributed by atoms with E-state index >= 15 is 0 Å². The molecule has 164 valence electrons. The first-order chi connectivity index (χ1) is 14.9. The minimum Gasteiger partial charge on any atom is -0.507 e. The van der Waals surface area contributed by atoms with Gasteiger partial charge in [0.2, 0.25) is 0 Å². The Balaban J connectivity index is 2.21. The van der Waals surface area contributed by atoms with Gasteiger partial charge in [-0.1, -0.05) is 24.3 Å². The number of ketones is 1. The summed E-state index contributed by atoms with van der Waals surface area (Å²) in [5.41, 5.74) is 2.01. The fourth-order valence-electron chi connectivity index (χ4n) is 3.85. The maximum Gasteiger partial charge on any atom is 0.295 e. The fourth-order valence-corrected chi connectivity index (χ4v) is 3.85. The van der Waals surface area contributed by atoms with Crippen LogP contribution in [0.4, 0.5) is 0 Å². The highest BCUT2D eigenvalue weighted by Crippen LogP contribution is 2.42. The molecule has 2 aromatic carbocycles. The van der Waals surface area contributed by atoms with Gasteiger partial charge in [0, 0.05) is 20.3 Å². The minimum atomic E-state index is -0.729. The lowest BCUT2D eigenvalue weighted by molar-refractivity contribution is -0.140. The van der Waals surface area contributed by atoms with Crippen LogP contribution in [-0.2, 0) is 14.3 Å². The van der Waals surface area contributed by atoms with Crippen molar-refractivity contribution in [1.29, 1.82) is 0 Å². The summed E-state index contributed by atoms with van der Waals surface area (Å²) in [6, 6.07) is 11.7. The van der Waals surface area contributed by atoms with E-state index in [1.807, 2.05) is 31.2 Å². The molecule has 1 saturated heterocycles. The number of rotatable bonds is 8. The molecular formula is C24H27NO6. The van der Waals surface area contributed by atoms with Crippen LogP contribution in [0.25, 0.3) is 5.76 Å². The number of aliphatic hydroxyl groups is 1. The topological polar surface area (TPSA) is 85.3 Å². The van der Waals surface area contributed by atoms with Gasteiger partial charge in [-0.15, -0.1) is 0 Å². The Kier molecular flexibility index (Phi) is 6.97. The molecule has 0 spiro atoms. The number of nitrogens with zero attached hydrogens (tertiary/aromatic N) is 1. The van der Waals surface area contributed by atoms with Gasteiger partial charge in [-0.2, -0.15) is 0 Å². The fraction of sp³-hybridized carbons (Fsp3) is 0.333. The SMILES string of the molecule is COCCCN1C(=O)C(=O)/C(=C(/O)c2cc(OC)ccc2OC)C1c1ccccc1C. The standard InChI is InChI=1S/C24H27NO6/c1-15-8-5-6-9-17(15)21-20(23(27)24(28)25(21)12-7-13-29-2)22(26)18-14-16(30-3)10-11-19(18)31-4/h5-6,8-11,14,21,26H,7,12-13H2,1-4H3/b22-20+. The Morgan fingerprint density at radius 3 is 2.45 bits per heavy atom. The van der Waals surface area contributed by atoms with E-state index < -0.39 is 17.7 Å². The number of Topliss-reactive ketones (excluding diaryl/α,β-unsaturated/α-hetero) is 1. The van der Waals surface area contributed by atoms with Crippen molar-refractivity contribution in [2.24, 2.45) is 0 Å². The molecule has 0 radical (unpaired) electrons. The third kappa shape index (κ3) is 4.27. The van der Waals surface area contributed by atoms with E-state index in [9.17, 15) is 14.7 Å². The van der Waals surface area contributed by atoms with Crippen LogP contribution in [0.1, 0.15) is 29.2 Å². The lowest BCUT2D eigenvalue weighted by atomic mass is 9.92. The first-order valence-corrected chi connectivity index (χ1v) is 9.99. The number of aliphatic hydroxyl groups excluding tert-OH is 1. The average molecular weight is 425 g/mol. The lowest BCUT2D eigenvalue weighted by Crippen LogP contribution is -2.31. The monoisotopic (exact) mass is 425 g/mol. The third-order valence-electron chi connectivity index (χ3n) is 5.43. The van der Waals surface area contributed by atoms with Crippen LogP contribution >= 0.6 is 0 Å². The van der Waals surface area contributed by atoms with Gasteiger partial charge in [0.25, 0.3) is 11.7 Å². The van der Waals surface area contributed by atoms with Crippen LogP contribution in [0.15, 0.2) is 48.0 Å². The Hall–Kier alpha value is -3.32. The summed E-state index contributed by atoms with van der Waals surface area (Å²) in [5.74, 6) is -0.811. The molecule has 1 aliphatic heterocycles. The second-order valence-corrected chi connectivity index (χ2v) is 7.26. The summed E-state index contributed by atoms with van der Waals surface area (Å²) in [4.78, 5) is 27.6. The second-order valence-electron chi connectivity index (χ2n) is 7.26. The summed E-state index contributed by atoms with van der Waals surface area (Å²) < 4.78 is 15.8. The van der Waals surface area contributed by atoms with Crippen LogP contribution in [-0.4, -0.2) is 56.2 Å². The van der Waals surface area contributed by atoms with E-state index in [1.165, 1.54) is 19.1 Å². The smallest absolute Gasteiger partial charge is 0.295 e. The van der Waals surface area contributed by atoms with Crippen LogP contribution in [0.3, 0.4) is 0 Å². The number of carbonyl (C=O) groups is 2. The highest BCUT2D eigenvalue weighted by molar-refractivity contribution is 6.46. The van der Waals surface area contributed by atoms with Crippen molar-refractivity contribution in [1.82, 2.24) is 4.90 Å². The Morgan fingerprint density at radius 1 is 1.06 bits per heavy atom. The molecule has 7 nitrogen and oxygen atoms in total. The zero-order valence-corrected chi connectivity index (χ0v) is 18.2. The molecule has 1 unspecified atom stereocenters. The number of aryl methyl sites for hydroxylation is 1. The first-order valence-electron chi connectivity index (χ1n) is 9.99. The second kappa shape index (κ2) is 9.66. The number of methoxy groups -OCH3 is 3. The maximum atomic E-state index is 13.1. The predicted molar refractivity (Wildman–Crippen MR) is 116 cm³/mol. The molecule has 1 amide bonds. The van der Waals surface area contributed by atoms with E-state index in [0.29, 0.717) is 31.1 Å². The average Bonchev–Trinajstić information content (AvgIpc) is 3.03. The van der Waals surface area contributed by atoms with Gasteiger partial charge in [0.1, 0.15) is 17.3 Å². The number of likely N-dealkylation sites (tertiary alicyclic amines) is 1. The normalized spacial score (nSPS) is 17.8. The van der Waals surface area contributed by atoms with Gasteiger partial charge in [-0.25, -0.2) is 0 Å². The Morgan fingerprint density at radius 2 is 1.81 bits per heavy atom. The van der Waals surface area contributed by atoms with Gasteiger partial charge in [-0.05, 0) is 42.7 Å². The van der Waals surface area contributed by atoms with Crippen LogP contribution in [0.5, 0.6) is 11.5 Å². The van der Waals surface area contributed by atoms with Crippen molar-refractivity contribution in [3.63, 3.8) is 0 Å². The summed E-state index contributed by atoms with van der Waals surface area (Å²) in [6.07, 6.45) is 0.564. The van der Waals surface area contributed by atoms with Crippen molar-refractivity contribution >= 4 is 17.4 Å². The highest BCUT2D eigenvalue weighted by Gasteiger charge is 2.46. The molecule has 2 aromatic rings. The summed E-state index contributed by atoms with van der Waals surface area (Å²) in [7, 11) is 4.57. The quantitative estimate of drug-likeness (QED) is 0.302. The number of ether oxygens (including phenoxy) is 3. The van der Waals surface area contributed by atoms with Crippen molar-refractivity contribution in [3.05, 3.63) is 64.7 Å². The number of hydrogen-bond donors (Lipinski definition) is 1. The van der Waals surface area contributed by atoms with E-state index in [0.717, 1.165) is 11.1 Å². The van der Waals surface area contributed by atoms with E-state index in [-0.39, 0.29) is 16.9 Å². The number of amides is 1. The molecule has 0 aromatic heterocycles. The largest absolute Gasteiger partial charge is 0.507 e. The summed E-state index contributed by atoms with van der Waals surface area (Å²) in [6.45, 7) is 2.69. The zero-order valence-electron chi connectivity index (χ0n) is 18.2. The zero-order chi connectivity index (χ0) is 22.5. The summed E-state index contributed by atoms with van der Waals surface area (Å²) in [5, 5.41) is 11.3. The van der Waals surface area contributed by atoms with E-state index in [4.69, 9.17) is 14.2 Å². The predicted octanol–water partition coefficient (Wildman–Crippen LogP) is 3.47.